The van der Waals surface area contributed by atoms with Gasteiger partial charge in [-0.3, -0.25) is 9.10 Å². The fourth-order valence-electron chi connectivity index (χ4n) is 2.97. The molecule has 0 radical (unpaired) electrons. The third-order valence-electron chi connectivity index (χ3n) is 4.27. The van der Waals surface area contributed by atoms with Gasteiger partial charge >= 0.3 is 0 Å². The van der Waals surface area contributed by atoms with Crippen LogP contribution in [-0.2, 0) is 27.7 Å². The molecule has 0 aliphatic heterocycles. The number of carbonyl (C=O) groups is 1. The van der Waals surface area contributed by atoms with Gasteiger partial charge in [-0.25, -0.2) is 12.8 Å². The lowest BCUT2D eigenvalue weighted by Gasteiger charge is -2.27. The number of amides is 1. The molecule has 0 heterocycles. The van der Waals surface area contributed by atoms with Crippen molar-refractivity contribution in [1.82, 2.24) is 0 Å². The SMILES string of the molecule is CCc1cccc(CC)c1N(CCC(=O)Nc1cccc(F)c1)S(C)(=O)=O. The van der Waals surface area contributed by atoms with Gasteiger partial charge in [0.2, 0.25) is 15.9 Å². The van der Waals surface area contributed by atoms with Crippen LogP contribution in [0.5, 0.6) is 0 Å². The lowest BCUT2D eigenvalue weighted by Crippen LogP contribution is -2.34. The summed E-state index contributed by atoms with van der Waals surface area (Å²) in [5.74, 6) is -0.823. The smallest absolute Gasteiger partial charge is 0.232 e. The zero-order valence-electron chi connectivity index (χ0n) is 15.8. The van der Waals surface area contributed by atoms with Crippen molar-refractivity contribution in [1.29, 1.82) is 0 Å². The summed E-state index contributed by atoms with van der Waals surface area (Å²) >= 11 is 0. The molecule has 1 N–H and O–H groups in total. The van der Waals surface area contributed by atoms with Gasteiger partial charge in [0.1, 0.15) is 5.82 Å². The molecular formula is C20H25FN2O3S. The Labute approximate surface area is 160 Å². The topological polar surface area (TPSA) is 66.5 Å². The summed E-state index contributed by atoms with van der Waals surface area (Å²) in [6.45, 7) is 3.95. The van der Waals surface area contributed by atoms with E-state index in [-0.39, 0.29) is 18.9 Å². The molecular weight excluding hydrogens is 367 g/mol. The summed E-state index contributed by atoms with van der Waals surface area (Å²) in [4.78, 5) is 12.2. The van der Waals surface area contributed by atoms with Gasteiger partial charge in [-0.05, 0) is 42.2 Å². The van der Waals surface area contributed by atoms with Crippen molar-refractivity contribution in [2.45, 2.75) is 33.1 Å². The van der Waals surface area contributed by atoms with Gasteiger partial charge in [-0.1, -0.05) is 38.1 Å². The van der Waals surface area contributed by atoms with Crippen LogP contribution in [0.4, 0.5) is 15.8 Å². The maximum Gasteiger partial charge on any atom is 0.232 e. The quantitative estimate of drug-likeness (QED) is 0.744. The fraction of sp³-hybridized carbons (Fsp3) is 0.350. The van der Waals surface area contributed by atoms with E-state index in [9.17, 15) is 17.6 Å². The van der Waals surface area contributed by atoms with E-state index in [4.69, 9.17) is 0 Å². The number of benzene rings is 2. The predicted octanol–water partition coefficient (Wildman–Crippen LogP) is 3.75. The summed E-state index contributed by atoms with van der Waals surface area (Å²) in [6, 6.07) is 11.3. The van der Waals surface area contributed by atoms with Crippen LogP contribution in [0.15, 0.2) is 42.5 Å². The van der Waals surface area contributed by atoms with Crippen LogP contribution in [0, 0.1) is 5.82 Å². The summed E-state index contributed by atoms with van der Waals surface area (Å²) < 4.78 is 39.4. The predicted molar refractivity (Wildman–Crippen MR) is 107 cm³/mol. The number of hydrogen-bond donors (Lipinski definition) is 1. The molecule has 5 nitrogen and oxygen atoms in total. The number of para-hydroxylation sites is 1. The van der Waals surface area contributed by atoms with Gasteiger partial charge in [0.05, 0.1) is 11.9 Å². The van der Waals surface area contributed by atoms with Crippen LogP contribution in [-0.4, -0.2) is 27.1 Å². The van der Waals surface area contributed by atoms with E-state index in [0.717, 1.165) is 17.4 Å². The van der Waals surface area contributed by atoms with E-state index in [0.29, 0.717) is 24.2 Å². The Kier molecular flexibility index (Phi) is 6.96. The number of rotatable bonds is 8. The molecule has 0 spiro atoms. The minimum Gasteiger partial charge on any atom is -0.326 e. The van der Waals surface area contributed by atoms with Crippen molar-refractivity contribution in [2.24, 2.45) is 0 Å². The molecule has 2 aromatic rings. The molecule has 0 unspecified atom stereocenters. The molecule has 0 bridgehead atoms. The number of nitrogens with one attached hydrogen (secondary N) is 1. The first-order chi connectivity index (χ1) is 12.8. The van der Waals surface area contributed by atoms with Crippen molar-refractivity contribution < 1.29 is 17.6 Å². The highest BCUT2D eigenvalue weighted by molar-refractivity contribution is 7.92. The third-order valence-corrected chi connectivity index (χ3v) is 5.43. The second-order valence-electron chi connectivity index (χ2n) is 6.28. The van der Waals surface area contributed by atoms with E-state index in [1.54, 1.807) is 6.07 Å². The van der Waals surface area contributed by atoms with Crippen molar-refractivity contribution >= 4 is 27.3 Å². The molecule has 7 heteroatoms. The molecule has 0 fully saturated rings. The van der Waals surface area contributed by atoms with Crippen molar-refractivity contribution in [3.8, 4) is 0 Å². The minimum atomic E-state index is -3.57. The van der Waals surface area contributed by atoms with Gasteiger partial charge in [0.25, 0.3) is 0 Å². The standard InChI is InChI=1S/C20H25FN2O3S/c1-4-15-8-6-9-16(5-2)20(15)23(27(3,25)26)13-12-19(24)22-18-11-7-10-17(21)14-18/h6-11,14H,4-5,12-13H2,1-3H3,(H,22,24). The fourth-order valence-corrected chi connectivity index (χ4v) is 3.96. The Hall–Kier alpha value is -2.41. The Morgan fingerprint density at radius 2 is 1.67 bits per heavy atom. The average Bonchev–Trinajstić information content (AvgIpc) is 2.60. The number of halogens is 1. The molecule has 27 heavy (non-hydrogen) atoms. The summed E-state index contributed by atoms with van der Waals surface area (Å²) in [7, 11) is -3.57. The normalized spacial score (nSPS) is 11.3. The first-order valence-corrected chi connectivity index (χ1v) is 10.7. The van der Waals surface area contributed by atoms with Crippen LogP contribution < -0.4 is 9.62 Å². The molecule has 2 rings (SSSR count). The number of aryl methyl sites for hydroxylation is 2. The molecule has 146 valence electrons. The maximum absolute atomic E-state index is 13.2. The minimum absolute atomic E-state index is 0.0179. The van der Waals surface area contributed by atoms with Gasteiger partial charge < -0.3 is 5.32 Å². The van der Waals surface area contributed by atoms with Gasteiger partial charge in [0, 0.05) is 18.7 Å². The third kappa shape index (κ3) is 5.53. The number of sulfonamides is 1. The van der Waals surface area contributed by atoms with Crippen molar-refractivity contribution in [3.05, 3.63) is 59.4 Å². The zero-order valence-corrected chi connectivity index (χ0v) is 16.6. The Morgan fingerprint density at radius 1 is 1.07 bits per heavy atom. The monoisotopic (exact) mass is 392 g/mol. The van der Waals surface area contributed by atoms with E-state index in [1.807, 2.05) is 32.0 Å². The Balaban J connectivity index is 2.23. The molecule has 1 amide bonds. The number of carbonyl (C=O) groups excluding carboxylic acids is 1. The Morgan fingerprint density at radius 3 is 2.19 bits per heavy atom. The Bertz CT molecular complexity index is 891. The van der Waals surface area contributed by atoms with Crippen LogP contribution in [0.2, 0.25) is 0 Å². The van der Waals surface area contributed by atoms with Crippen LogP contribution >= 0.6 is 0 Å². The number of anilines is 2. The van der Waals surface area contributed by atoms with Gasteiger partial charge in [-0.15, -0.1) is 0 Å². The molecule has 2 aromatic carbocycles. The maximum atomic E-state index is 13.2. The first-order valence-electron chi connectivity index (χ1n) is 8.90. The van der Waals surface area contributed by atoms with Crippen LogP contribution in [0.25, 0.3) is 0 Å². The van der Waals surface area contributed by atoms with Gasteiger partial charge in [0.15, 0.2) is 0 Å². The lowest BCUT2D eigenvalue weighted by molar-refractivity contribution is -0.116. The van der Waals surface area contributed by atoms with E-state index in [1.165, 1.54) is 22.5 Å². The highest BCUT2D eigenvalue weighted by atomic mass is 32.2. The van der Waals surface area contributed by atoms with Crippen molar-refractivity contribution in [3.63, 3.8) is 0 Å². The molecule has 0 atom stereocenters. The second-order valence-corrected chi connectivity index (χ2v) is 8.18. The highest BCUT2D eigenvalue weighted by Crippen LogP contribution is 2.29. The van der Waals surface area contributed by atoms with E-state index in [2.05, 4.69) is 5.32 Å². The summed E-state index contributed by atoms with van der Waals surface area (Å²) in [6.07, 6.45) is 2.48. The average molecular weight is 392 g/mol. The second kappa shape index (κ2) is 8.99. The van der Waals surface area contributed by atoms with Gasteiger partial charge in [-0.2, -0.15) is 0 Å². The van der Waals surface area contributed by atoms with E-state index >= 15 is 0 Å². The van der Waals surface area contributed by atoms with Crippen molar-refractivity contribution in [2.75, 3.05) is 22.4 Å². The highest BCUT2D eigenvalue weighted by Gasteiger charge is 2.23. The number of nitrogens with zero attached hydrogens (tertiary/aromatic N) is 1. The zero-order chi connectivity index (χ0) is 20.0. The van der Waals surface area contributed by atoms with Crippen LogP contribution in [0.1, 0.15) is 31.4 Å². The molecule has 0 saturated carbocycles. The molecule has 0 aliphatic rings. The van der Waals surface area contributed by atoms with E-state index < -0.39 is 15.8 Å². The van der Waals surface area contributed by atoms with Crippen LogP contribution in [0.3, 0.4) is 0 Å². The number of hydrogen-bond acceptors (Lipinski definition) is 3. The molecule has 0 saturated heterocycles. The first kappa shape index (κ1) is 20.9. The molecule has 0 aromatic heterocycles. The summed E-state index contributed by atoms with van der Waals surface area (Å²) in [5, 5.41) is 2.60. The largest absolute Gasteiger partial charge is 0.326 e. The molecule has 0 aliphatic carbocycles. The lowest BCUT2D eigenvalue weighted by atomic mass is 10.0. The summed E-state index contributed by atoms with van der Waals surface area (Å²) in [5.41, 5.74) is 2.84.